The second kappa shape index (κ2) is 10.6. The minimum atomic E-state index is 0.0417. The van der Waals surface area contributed by atoms with Crippen molar-refractivity contribution in [1.82, 2.24) is 0 Å². The summed E-state index contributed by atoms with van der Waals surface area (Å²) in [6.45, 7) is 13.2. The molecule has 0 heterocycles. The molecule has 3 unspecified atom stereocenters. The third-order valence-corrected chi connectivity index (χ3v) is 4.99. The Morgan fingerprint density at radius 1 is 0.650 bits per heavy atom. The lowest BCUT2D eigenvalue weighted by Gasteiger charge is -2.56. The Morgan fingerprint density at radius 3 is 1.10 bits per heavy atom. The number of nitrogens with zero attached hydrogens (tertiary/aromatic N) is 1. The van der Waals surface area contributed by atoms with Crippen LogP contribution in [0.3, 0.4) is 0 Å². The van der Waals surface area contributed by atoms with Crippen molar-refractivity contribution in [3.05, 3.63) is 5.21 Å². The molecule has 2 nitrogen and oxygen atoms in total. The van der Waals surface area contributed by atoms with Crippen molar-refractivity contribution in [2.75, 3.05) is 0 Å². The summed E-state index contributed by atoms with van der Waals surface area (Å²) in [5, 5.41) is 13.7. The van der Waals surface area contributed by atoms with E-state index in [-0.39, 0.29) is 22.8 Å². The largest absolute Gasteiger partial charge is 0.632 e. The summed E-state index contributed by atoms with van der Waals surface area (Å²) >= 11 is 0. The van der Waals surface area contributed by atoms with Crippen molar-refractivity contribution in [2.45, 2.75) is 117 Å². The molecule has 0 spiro atoms. The van der Waals surface area contributed by atoms with Gasteiger partial charge in [0, 0.05) is 0 Å². The van der Waals surface area contributed by atoms with E-state index in [1.807, 2.05) is 0 Å². The molecule has 0 bridgehead atoms. The highest BCUT2D eigenvalue weighted by atomic mass is 16.6. The van der Waals surface area contributed by atoms with Gasteiger partial charge in [-0.2, -0.15) is 0 Å². The number of hydrogen-bond donors (Lipinski definition) is 0. The van der Waals surface area contributed by atoms with Crippen LogP contribution in [0.25, 0.3) is 0 Å². The van der Waals surface area contributed by atoms with Crippen LogP contribution in [0.1, 0.15) is 99.3 Å². The number of hydroxylamine groups is 3. The van der Waals surface area contributed by atoms with Gasteiger partial charge in [-0.15, -0.1) is 0 Å². The van der Waals surface area contributed by atoms with Gasteiger partial charge in [-0.3, -0.25) is 0 Å². The fourth-order valence-electron chi connectivity index (χ4n) is 3.41. The zero-order valence-corrected chi connectivity index (χ0v) is 15.0. The molecule has 0 aromatic heterocycles. The van der Waals surface area contributed by atoms with Crippen LogP contribution in [0, 0.1) is 5.21 Å². The molecule has 20 heavy (non-hydrogen) atoms. The van der Waals surface area contributed by atoms with E-state index in [1.54, 1.807) is 0 Å². The third-order valence-electron chi connectivity index (χ3n) is 4.99. The topological polar surface area (TPSA) is 23.1 Å². The predicted octanol–water partition coefficient (Wildman–Crippen LogP) is 6.04. The van der Waals surface area contributed by atoms with E-state index in [0.717, 1.165) is 19.3 Å². The van der Waals surface area contributed by atoms with Gasteiger partial charge < -0.3 is 9.85 Å². The molecular weight excluding hydrogens is 246 g/mol. The van der Waals surface area contributed by atoms with Crippen molar-refractivity contribution < 1.29 is 4.65 Å². The standard InChI is InChI=1S/C18H39NO/c1-7-10-13-16(4)19(20,17(5)14-11-8-2)18(6)15-12-9-3/h16-18H,7-15H2,1-6H3. The van der Waals surface area contributed by atoms with E-state index < -0.39 is 0 Å². The molecule has 0 aromatic carbocycles. The minimum absolute atomic E-state index is 0.0417. The van der Waals surface area contributed by atoms with Crippen molar-refractivity contribution in [3.8, 4) is 0 Å². The highest BCUT2D eigenvalue weighted by molar-refractivity contribution is 4.68. The molecule has 122 valence electrons. The smallest absolute Gasteiger partial charge is 0.0862 e. The van der Waals surface area contributed by atoms with Crippen molar-refractivity contribution in [1.29, 1.82) is 0 Å². The highest BCUT2D eigenvalue weighted by Gasteiger charge is 2.35. The van der Waals surface area contributed by atoms with Crippen LogP contribution < -0.4 is 0 Å². The Bertz CT molecular complexity index is 193. The molecule has 0 amide bonds. The summed E-state index contributed by atoms with van der Waals surface area (Å²) in [5.41, 5.74) is 0. The maximum atomic E-state index is 13.7. The van der Waals surface area contributed by atoms with Gasteiger partial charge in [-0.1, -0.05) is 40.0 Å². The highest BCUT2D eigenvalue weighted by Crippen LogP contribution is 2.30. The zero-order valence-electron chi connectivity index (χ0n) is 15.0. The lowest BCUT2D eigenvalue weighted by atomic mass is 9.98. The first kappa shape index (κ1) is 19.9. The van der Waals surface area contributed by atoms with Gasteiger partial charge in [0.05, 0.1) is 18.1 Å². The number of hydrogen-bond acceptors (Lipinski definition) is 1. The van der Waals surface area contributed by atoms with Crippen LogP contribution in [0.5, 0.6) is 0 Å². The van der Waals surface area contributed by atoms with Gasteiger partial charge in [0.25, 0.3) is 0 Å². The monoisotopic (exact) mass is 285 g/mol. The normalized spacial score (nSPS) is 19.4. The quantitative estimate of drug-likeness (QED) is 0.317. The fourth-order valence-corrected chi connectivity index (χ4v) is 3.41. The van der Waals surface area contributed by atoms with Gasteiger partial charge in [0.1, 0.15) is 0 Å². The number of unbranched alkanes of at least 4 members (excludes halogenated alkanes) is 3. The lowest BCUT2D eigenvalue weighted by molar-refractivity contribution is -0.947. The average molecular weight is 286 g/mol. The molecule has 3 atom stereocenters. The number of quaternary nitrogens is 1. The molecule has 0 rings (SSSR count). The van der Waals surface area contributed by atoms with Crippen molar-refractivity contribution in [3.63, 3.8) is 0 Å². The SMILES string of the molecule is CCCCC(C)[N+]([O-])(C(C)CCCC)C(C)CCCC. The van der Waals surface area contributed by atoms with Crippen molar-refractivity contribution in [2.24, 2.45) is 0 Å². The van der Waals surface area contributed by atoms with Gasteiger partial charge in [-0.05, 0) is 59.3 Å². The van der Waals surface area contributed by atoms with E-state index in [4.69, 9.17) is 0 Å². The van der Waals surface area contributed by atoms with Gasteiger partial charge in [-0.25, -0.2) is 0 Å². The van der Waals surface area contributed by atoms with Crippen LogP contribution in [-0.4, -0.2) is 22.8 Å². The molecule has 2 heteroatoms. The molecule has 0 aliphatic carbocycles. The van der Waals surface area contributed by atoms with E-state index in [2.05, 4.69) is 41.5 Å². The van der Waals surface area contributed by atoms with Crippen LogP contribution in [-0.2, 0) is 0 Å². The molecule has 0 radical (unpaired) electrons. The summed E-state index contributed by atoms with van der Waals surface area (Å²) in [4.78, 5) is 0. The first-order valence-electron chi connectivity index (χ1n) is 9.04. The van der Waals surface area contributed by atoms with Gasteiger partial charge in [0.2, 0.25) is 0 Å². The van der Waals surface area contributed by atoms with Gasteiger partial charge in [0.15, 0.2) is 0 Å². The summed E-state index contributed by atoms with van der Waals surface area (Å²) < 4.78 is 0.0417. The Hall–Kier alpha value is -0.0800. The lowest BCUT2D eigenvalue weighted by Crippen LogP contribution is -2.60. The Kier molecular flexibility index (Phi) is 10.6. The first-order valence-corrected chi connectivity index (χ1v) is 9.04. The Morgan fingerprint density at radius 2 is 0.900 bits per heavy atom. The van der Waals surface area contributed by atoms with Crippen LogP contribution in [0.2, 0.25) is 0 Å². The maximum absolute atomic E-state index is 13.7. The summed E-state index contributed by atoms with van der Waals surface area (Å²) in [5.74, 6) is 0. The van der Waals surface area contributed by atoms with Crippen LogP contribution in [0.4, 0.5) is 0 Å². The molecule has 0 aromatic rings. The number of rotatable bonds is 12. The summed E-state index contributed by atoms with van der Waals surface area (Å²) in [7, 11) is 0. The third kappa shape index (κ3) is 5.73. The second-order valence-electron chi connectivity index (χ2n) is 6.74. The van der Waals surface area contributed by atoms with E-state index >= 15 is 0 Å². The molecule has 0 saturated heterocycles. The molecule has 0 saturated carbocycles. The minimum Gasteiger partial charge on any atom is -0.632 e. The van der Waals surface area contributed by atoms with Crippen molar-refractivity contribution >= 4 is 0 Å². The Balaban J connectivity index is 4.88. The first-order chi connectivity index (χ1) is 9.44. The van der Waals surface area contributed by atoms with Gasteiger partial charge >= 0.3 is 0 Å². The molecular formula is C18H39NO. The second-order valence-corrected chi connectivity index (χ2v) is 6.74. The zero-order chi connectivity index (χ0) is 15.6. The molecule has 0 aliphatic rings. The summed E-state index contributed by atoms with van der Waals surface area (Å²) in [6, 6.07) is 0.732. The van der Waals surface area contributed by atoms with Crippen LogP contribution in [0.15, 0.2) is 0 Å². The Labute approximate surface area is 128 Å². The van der Waals surface area contributed by atoms with E-state index in [9.17, 15) is 5.21 Å². The molecule has 0 N–H and O–H groups in total. The average Bonchev–Trinajstić information content (AvgIpc) is 2.46. The van der Waals surface area contributed by atoms with E-state index in [1.165, 1.54) is 38.5 Å². The maximum Gasteiger partial charge on any atom is 0.0862 e. The molecule has 0 fully saturated rings. The fraction of sp³-hybridized carbons (Fsp3) is 1.00. The van der Waals surface area contributed by atoms with Crippen LogP contribution >= 0.6 is 0 Å². The molecule has 0 aliphatic heterocycles. The van der Waals surface area contributed by atoms with E-state index in [0.29, 0.717) is 0 Å². The summed E-state index contributed by atoms with van der Waals surface area (Å²) in [6.07, 6.45) is 10.4. The predicted molar refractivity (Wildman–Crippen MR) is 90.6 cm³/mol.